The Hall–Kier alpha value is -0.920. The molecule has 2 nitrogen and oxygen atoms in total. The van der Waals surface area contributed by atoms with Gasteiger partial charge >= 0.3 is 0 Å². The van der Waals surface area contributed by atoms with E-state index >= 15 is 0 Å². The van der Waals surface area contributed by atoms with Crippen LogP contribution in [0.1, 0.15) is 55.4 Å². The first-order valence-electron chi connectivity index (χ1n) is 6.68. The second-order valence-electron chi connectivity index (χ2n) is 3.72. The molecular formula is C15H32N2. The predicted octanol–water partition coefficient (Wildman–Crippen LogP) is 5.01. The van der Waals surface area contributed by atoms with Crippen molar-refractivity contribution in [1.29, 1.82) is 0 Å². The summed E-state index contributed by atoms with van der Waals surface area (Å²) >= 11 is 0. The Morgan fingerprint density at radius 3 is 1.59 bits per heavy atom. The quantitative estimate of drug-likeness (QED) is 0.489. The van der Waals surface area contributed by atoms with Crippen LogP contribution < -0.4 is 0 Å². The van der Waals surface area contributed by atoms with Crippen molar-refractivity contribution in [2.45, 2.75) is 55.4 Å². The van der Waals surface area contributed by atoms with Gasteiger partial charge in [0.25, 0.3) is 0 Å². The molecular weight excluding hydrogens is 208 g/mol. The summed E-state index contributed by atoms with van der Waals surface area (Å²) in [4.78, 5) is 8.38. The molecule has 0 N–H and O–H groups in total. The highest BCUT2D eigenvalue weighted by molar-refractivity contribution is 5.95. The van der Waals surface area contributed by atoms with Crippen LogP contribution in [0.3, 0.4) is 0 Å². The largest absolute Gasteiger partial charge is 0.274 e. The lowest BCUT2D eigenvalue weighted by Crippen LogP contribution is -2.05. The molecule has 0 saturated carbocycles. The van der Waals surface area contributed by atoms with Crippen molar-refractivity contribution in [1.82, 2.24) is 0 Å². The fourth-order valence-corrected chi connectivity index (χ4v) is 0.763. The van der Waals surface area contributed by atoms with Crippen molar-refractivity contribution in [2.24, 2.45) is 21.8 Å². The van der Waals surface area contributed by atoms with Gasteiger partial charge in [-0.25, -0.2) is 4.99 Å². The molecule has 0 aromatic carbocycles. The molecule has 0 saturated heterocycles. The van der Waals surface area contributed by atoms with Crippen molar-refractivity contribution < 1.29 is 0 Å². The molecule has 0 fully saturated rings. The summed E-state index contributed by atoms with van der Waals surface area (Å²) in [6.07, 6.45) is 1.81. The Morgan fingerprint density at radius 1 is 0.941 bits per heavy atom. The summed E-state index contributed by atoms with van der Waals surface area (Å²) in [7, 11) is 1.77. The number of aliphatic imine (C=N–C) groups is 2. The lowest BCUT2D eigenvalue weighted by atomic mass is 10.1. The molecule has 0 rings (SSSR count). The minimum absolute atomic E-state index is 0.376. The zero-order chi connectivity index (χ0) is 14.4. The molecule has 0 atom stereocenters. The van der Waals surface area contributed by atoms with Gasteiger partial charge < -0.3 is 0 Å². The number of nitrogens with zero attached hydrogens (tertiary/aromatic N) is 2. The van der Waals surface area contributed by atoms with E-state index in [1.807, 2.05) is 33.9 Å². The van der Waals surface area contributed by atoms with Crippen LogP contribution in [-0.4, -0.2) is 19.1 Å². The monoisotopic (exact) mass is 240 g/mol. The number of hydrogen-bond acceptors (Lipinski definition) is 1. The Labute approximate surface area is 109 Å². The summed E-state index contributed by atoms with van der Waals surface area (Å²) in [6.45, 7) is 20.3. The number of rotatable bonds is 3. The molecule has 0 aliphatic carbocycles. The zero-order valence-electron chi connectivity index (χ0n) is 13.3. The maximum absolute atomic E-state index is 4.29. The van der Waals surface area contributed by atoms with Gasteiger partial charge in [-0.1, -0.05) is 62.0 Å². The molecule has 0 radical (unpaired) electrons. The molecule has 0 aliphatic rings. The number of allylic oxidation sites excluding steroid dienone is 1. The van der Waals surface area contributed by atoms with Crippen LogP contribution in [0.4, 0.5) is 0 Å². The van der Waals surface area contributed by atoms with Crippen LogP contribution in [0.25, 0.3) is 0 Å². The molecule has 102 valence electrons. The van der Waals surface area contributed by atoms with Crippen molar-refractivity contribution in [2.75, 3.05) is 7.05 Å². The lowest BCUT2D eigenvalue weighted by Gasteiger charge is -2.05. The summed E-state index contributed by atoms with van der Waals surface area (Å²) in [6, 6.07) is 0. The maximum Gasteiger partial charge on any atom is 0.125 e. The third-order valence-electron chi connectivity index (χ3n) is 1.85. The molecule has 0 spiro atoms. The van der Waals surface area contributed by atoms with Crippen molar-refractivity contribution in [3.05, 3.63) is 12.2 Å². The van der Waals surface area contributed by atoms with E-state index in [-0.39, 0.29) is 0 Å². The first-order chi connectivity index (χ1) is 7.99. The molecule has 0 aliphatic heterocycles. The predicted molar refractivity (Wildman–Crippen MR) is 83.4 cm³/mol. The van der Waals surface area contributed by atoms with Crippen molar-refractivity contribution >= 4 is 12.1 Å². The van der Waals surface area contributed by atoms with E-state index in [1.165, 1.54) is 0 Å². The summed E-state index contributed by atoms with van der Waals surface area (Å²) < 4.78 is 0. The molecule has 0 heterocycles. The van der Waals surface area contributed by atoms with Crippen molar-refractivity contribution in [3.63, 3.8) is 0 Å². The van der Waals surface area contributed by atoms with Crippen LogP contribution in [0, 0.1) is 11.8 Å². The summed E-state index contributed by atoms with van der Waals surface area (Å²) in [5, 5.41) is 0. The van der Waals surface area contributed by atoms with Crippen LogP contribution in [0.5, 0.6) is 0 Å². The van der Waals surface area contributed by atoms with Crippen molar-refractivity contribution in [3.8, 4) is 0 Å². The van der Waals surface area contributed by atoms with Gasteiger partial charge in [-0.2, -0.15) is 0 Å². The van der Waals surface area contributed by atoms with Gasteiger partial charge in [-0.05, 0) is 11.5 Å². The molecule has 17 heavy (non-hydrogen) atoms. The molecule has 2 heteroatoms. The summed E-state index contributed by atoms with van der Waals surface area (Å²) in [5.74, 6) is 1.71. The SMILES string of the molecule is C=C(C=NC(=NC)C(C)C)C(C)C.CC.CC. The number of amidine groups is 1. The fraction of sp³-hybridized carbons (Fsp3) is 0.733. The third-order valence-corrected chi connectivity index (χ3v) is 1.85. The normalized spacial score (nSPS) is 10.9. The van der Waals surface area contributed by atoms with Gasteiger partial charge in [0.1, 0.15) is 5.84 Å². The highest BCUT2D eigenvalue weighted by atomic mass is 14.9. The first-order valence-corrected chi connectivity index (χ1v) is 6.68. The lowest BCUT2D eigenvalue weighted by molar-refractivity contribution is 0.809. The molecule has 0 amide bonds. The molecule has 0 unspecified atom stereocenters. The van der Waals surface area contributed by atoms with Gasteiger partial charge in [0.05, 0.1) is 0 Å². The maximum atomic E-state index is 4.29. The van der Waals surface area contributed by atoms with Crippen LogP contribution in [-0.2, 0) is 0 Å². The Balaban J connectivity index is -0.000000439. The Morgan fingerprint density at radius 2 is 1.35 bits per heavy atom. The van der Waals surface area contributed by atoms with E-state index < -0.39 is 0 Å². The van der Waals surface area contributed by atoms with Gasteiger partial charge in [0.2, 0.25) is 0 Å². The average molecular weight is 240 g/mol. The van der Waals surface area contributed by atoms with E-state index in [1.54, 1.807) is 7.05 Å². The Kier molecular flexibility index (Phi) is 19.0. The van der Waals surface area contributed by atoms with E-state index in [0.29, 0.717) is 11.8 Å². The third kappa shape index (κ3) is 13.0. The first kappa shape index (κ1) is 21.4. The van der Waals surface area contributed by atoms with Gasteiger partial charge in [0, 0.05) is 19.2 Å². The highest BCUT2D eigenvalue weighted by Crippen LogP contribution is 2.04. The van der Waals surface area contributed by atoms with Crippen LogP contribution in [0.15, 0.2) is 22.1 Å². The van der Waals surface area contributed by atoms with E-state index in [2.05, 4.69) is 44.3 Å². The molecule has 0 aromatic heterocycles. The smallest absolute Gasteiger partial charge is 0.125 e. The fourth-order valence-electron chi connectivity index (χ4n) is 0.763. The van der Waals surface area contributed by atoms with Gasteiger partial charge in [-0.3, -0.25) is 4.99 Å². The number of hydrogen-bond donors (Lipinski definition) is 0. The standard InChI is InChI=1S/C11H20N2.2C2H6/c1-8(2)10(5)7-13-11(12-6)9(3)4;2*1-2/h7-9H,5H2,1-4,6H3;2*1-2H3. The average Bonchev–Trinajstić information content (AvgIpc) is 2.34. The highest BCUT2D eigenvalue weighted by Gasteiger charge is 2.01. The molecule has 0 aromatic rings. The Bertz CT molecular complexity index is 223. The molecule has 0 bridgehead atoms. The summed E-state index contributed by atoms with van der Waals surface area (Å²) in [5.41, 5.74) is 1.04. The second-order valence-corrected chi connectivity index (χ2v) is 3.72. The van der Waals surface area contributed by atoms with Crippen LogP contribution in [0.2, 0.25) is 0 Å². The van der Waals surface area contributed by atoms with Crippen LogP contribution >= 0.6 is 0 Å². The van der Waals surface area contributed by atoms with E-state index in [9.17, 15) is 0 Å². The zero-order valence-corrected chi connectivity index (χ0v) is 13.3. The minimum Gasteiger partial charge on any atom is -0.274 e. The van der Waals surface area contributed by atoms with E-state index in [0.717, 1.165) is 11.4 Å². The second kappa shape index (κ2) is 15.1. The minimum atomic E-state index is 0.376. The van der Waals surface area contributed by atoms with Gasteiger partial charge in [-0.15, -0.1) is 0 Å². The van der Waals surface area contributed by atoms with Gasteiger partial charge in [0.15, 0.2) is 0 Å². The topological polar surface area (TPSA) is 24.7 Å². The van der Waals surface area contributed by atoms with E-state index in [4.69, 9.17) is 0 Å².